The summed E-state index contributed by atoms with van der Waals surface area (Å²) in [4.78, 5) is 12.3. The third kappa shape index (κ3) is 3.42. The molecule has 118 valence electrons. The Balaban J connectivity index is 1.61. The summed E-state index contributed by atoms with van der Waals surface area (Å²) in [6, 6.07) is 13.6. The lowest BCUT2D eigenvalue weighted by Crippen LogP contribution is -2.23. The minimum absolute atomic E-state index is 0.0470. The number of hydrogen-bond acceptors (Lipinski definition) is 3. The molecule has 0 saturated carbocycles. The van der Waals surface area contributed by atoms with E-state index in [0.717, 1.165) is 17.6 Å². The second-order valence-corrected chi connectivity index (χ2v) is 5.71. The maximum atomic E-state index is 12.3. The molecule has 0 radical (unpaired) electrons. The molecule has 0 aliphatic carbocycles. The van der Waals surface area contributed by atoms with Crippen LogP contribution in [0.2, 0.25) is 0 Å². The Morgan fingerprint density at radius 3 is 2.74 bits per heavy atom. The molecule has 4 heteroatoms. The highest BCUT2D eigenvalue weighted by Gasteiger charge is 2.03. The van der Waals surface area contributed by atoms with E-state index in [1.165, 1.54) is 15.8 Å². The van der Waals surface area contributed by atoms with E-state index in [0.29, 0.717) is 18.5 Å². The van der Waals surface area contributed by atoms with Gasteiger partial charge in [-0.1, -0.05) is 24.3 Å². The van der Waals surface area contributed by atoms with Crippen LogP contribution in [0.25, 0.3) is 10.8 Å². The number of aryl methyl sites for hydroxylation is 3. The van der Waals surface area contributed by atoms with E-state index in [2.05, 4.69) is 25.0 Å². The molecular formula is C19H20N2O2. The molecule has 0 atom stereocenters. The van der Waals surface area contributed by atoms with E-state index in [-0.39, 0.29) is 5.56 Å². The summed E-state index contributed by atoms with van der Waals surface area (Å²) in [6.07, 6.45) is 2.47. The highest BCUT2D eigenvalue weighted by atomic mass is 16.5. The lowest BCUT2D eigenvalue weighted by atomic mass is 10.1. The lowest BCUT2D eigenvalue weighted by Gasteiger charge is -2.09. The Hall–Kier alpha value is -2.62. The molecule has 0 unspecified atom stereocenters. The van der Waals surface area contributed by atoms with E-state index >= 15 is 0 Å². The Morgan fingerprint density at radius 2 is 1.91 bits per heavy atom. The van der Waals surface area contributed by atoms with Gasteiger partial charge < -0.3 is 4.74 Å². The minimum atomic E-state index is -0.0470. The van der Waals surface area contributed by atoms with Gasteiger partial charge >= 0.3 is 0 Å². The Morgan fingerprint density at radius 1 is 1.09 bits per heavy atom. The first-order chi connectivity index (χ1) is 11.1. The fraction of sp³-hybridized carbons (Fsp3) is 0.263. The summed E-state index contributed by atoms with van der Waals surface area (Å²) in [6.45, 7) is 5.26. The first-order valence-corrected chi connectivity index (χ1v) is 7.80. The standard InChI is InChI=1S/C19H20N2O2/c1-14-8-9-17(12-15(14)2)23-11-5-10-21-19(22)18-7-4-3-6-16(18)13-20-21/h3-4,6-9,12-13H,5,10-11H2,1-2H3. The molecule has 0 aliphatic rings. The molecule has 23 heavy (non-hydrogen) atoms. The Kier molecular flexibility index (Phi) is 4.42. The molecule has 0 spiro atoms. The van der Waals surface area contributed by atoms with Crippen LogP contribution in [0, 0.1) is 13.8 Å². The van der Waals surface area contributed by atoms with Gasteiger partial charge in [-0.2, -0.15) is 5.10 Å². The van der Waals surface area contributed by atoms with Gasteiger partial charge in [0.1, 0.15) is 5.75 Å². The van der Waals surface area contributed by atoms with Crippen LogP contribution in [0.5, 0.6) is 5.75 Å². The van der Waals surface area contributed by atoms with Crippen molar-refractivity contribution in [3.8, 4) is 5.75 Å². The van der Waals surface area contributed by atoms with Gasteiger partial charge in [-0.25, -0.2) is 4.68 Å². The predicted molar refractivity (Wildman–Crippen MR) is 92.0 cm³/mol. The molecule has 4 nitrogen and oxygen atoms in total. The van der Waals surface area contributed by atoms with Crippen molar-refractivity contribution in [2.75, 3.05) is 6.61 Å². The molecule has 2 aromatic carbocycles. The Bertz CT molecular complexity index is 884. The van der Waals surface area contributed by atoms with E-state index in [1.807, 2.05) is 36.4 Å². The second-order valence-electron chi connectivity index (χ2n) is 5.71. The van der Waals surface area contributed by atoms with Crippen molar-refractivity contribution in [3.63, 3.8) is 0 Å². The first kappa shape index (κ1) is 15.3. The van der Waals surface area contributed by atoms with Gasteiger partial charge in [-0.05, 0) is 43.2 Å². The fourth-order valence-corrected chi connectivity index (χ4v) is 2.50. The largest absolute Gasteiger partial charge is 0.494 e. The van der Waals surface area contributed by atoms with Gasteiger partial charge in [-0.3, -0.25) is 4.79 Å². The highest BCUT2D eigenvalue weighted by molar-refractivity contribution is 5.80. The average molecular weight is 308 g/mol. The normalized spacial score (nSPS) is 10.9. The second kappa shape index (κ2) is 6.65. The number of nitrogens with zero attached hydrogens (tertiary/aromatic N) is 2. The third-order valence-electron chi connectivity index (χ3n) is 4.02. The van der Waals surface area contributed by atoms with Crippen molar-refractivity contribution in [2.24, 2.45) is 0 Å². The summed E-state index contributed by atoms with van der Waals surface area (Å²) < 4.78 is 7.25. The van der Waals surface area contributed by atoms with Crippen molar-refractivity contribution in [3.05, 3.63) is 70.1 Å². The van der Waals surface area contributed by atoms with Gasteiger partial charge in [0, 0.05) is 18.4 Å². The van der Waals surface area contributed by atoms with E-state index in [4.69, 9.17) is 4.74 Å². The lowest BCUT2D eigenvalue weighted by molar-refractivity contribution is 0.297. The van der Waals surface area contributed by atoms with Crippen LogP contribution >= 0.6 is 0 Å². The van der Waals surface area contributed by atoms with Crippen LogP contribution in [0.15, 0.2) is 53.5 Å². The van der Waals surface area contributed by atoms with Crippen LogP contribution in [0.1, 0.15) is 17.5 Å². The maximum Gasteiger partial charge on any atom is 0.274 e. The van der Waals surface area contributed by atoms with Gasteiger partial charge in [0.05, 0.1) is 18.2 Å². The van der Waals surface area contributed by atoms with Crippen molar-refractivity contribution in [2.45, 2.75) is 26.8 Å². The summed E-state index contributed by atoms with van der Waals surface area (Å²) in [5.74, 6) is 0.868. The Labute approximate surface area is 135 Å². The van der Waals surface area contributed by atoms with Gasteiger partial charge in [0.15, 0.2) is 0 Å². The number of aromatic nitrogens is 2. The monoisotopic (exact) mass is 308 g/mol. The molecular weight excluding hydrogens is 288 g/mol. The minimum Gasteiger partial charge on any atom is -0.494 e. The molecule has 0 bridgehead atoms. The topological polar surface area (TPSA) is 44.1 Å². The summed E-state index contributed by atoms with van der Waals surface area (Å²) in [5.41, 5.74) is 2.42. The number of fused-ring (bicyclic) bond motifs is 1. The predicted octanol–water partition coefficient (Wildman–Crippen LogP) is 3.48. The quantitative estimate of drug-likeness (QED) is 0.678. The zero-order valence-electron chi connectivity index (χ0n) is 13.5. The molecule has 3 aromatic rings. The SMILES string of the molecule is Cc1ccc(OCCCn2ncc3ccccc3c2=O)cc1C. The summed E-state index contributed by atoms with van der Waals surface area (Å²) >= 11 is 0. The molecule has 0 saturated heterocycles. The van der Waals surface area contributed by atoms with Crippen LogP contribution in [-0.2, 0) is 6.54 Å². The van der Waals surface area contributed by atoms with Crippen LogP contribution < -0.4 is 10.3 Å². The molecule has 0 N–H and O–H groups in total. The van der Waals surface area contributed by atoms with Crippen LogP contribution in [0.3, 0.4) is 0 Å². The van der Waals surface area contributed by atoms with Crippen LogP contribution in [0.4, 0.5) is 0 Å². The zero-order valence-corrected chi connectivity index (χ0v) is 13.5. The molecule has 1 aromatic heterocycles. The maximum absolute atomic E-state index is 12.3. The van der Waals surface area contributed by atoms with Gasteiger partial charge in [0.25, 0.3) is 5.56 Å². The zero-order chi connectivity index (χ0) is 16.2. The van der Waals surface area contributed by atoms with Crippen molar-refractivity contribution < 1.29 is 4.74 Å². The third-order valence-corrected chi connectivity index (χ3v) is 4.02. The van der Waals surface area contributed by atoms with E-state index in [1.54, 1.807) is 6.20 Å². The van der Waals surface area contributed by atoms with Crippen molar-refractivity contribution in [1.82, 2.24) is 9.78 Å². The van der Waals surface area contributed by atoms with Gasteiger partial charge in [0.2, 0.25) is 0 Å². The number of ether oxygens (including phenoxy) is 1. The fourth-order valence-electron chi connectivity index (χ4n) is 2.50. The van der Waals surface area contributed by atoms with E-state index in [9.17, 15) is 4.79 Å². The molecule has 1 heterocycles. The van der Waals surface area contributed by atoms with Crippen LogP contribution in [-0.4, -0.2) is 16.4 Å². The number of rotatable bonds is 5. The molecule has 0 amide bonds. The van der Waals surface area contributed by atoms with E-state index < -0.39 is 0 Å². The van der Waals surface area contributed by atoms with Crippen molar-refractivity contribution in [1.29, 1.82) is 0 Å². The summed E-state index contributed by atoms with van der Waals surface area (Å²) in [5, 5.41) is 5.81. The number of hydrogen-bond donors (Lipinski definition) is 0. The summed E-state index contributed by atoms with van der Waals surface area (Å²) in [7, 11) is 0. The molecule has 0 fully saturated rings. The van der Waals surface area contributed by atoms with Crippen molar-refractivity contribution >= 4 is 10.8 Å². The molecule has 0 aliphatic heterocycles. The molecule has 3 rings (SSSR count). The average Bonchev–Trinajstić information content (AvgIpc) is 2.57. The smallest absolute Gasteiger partial charge is 0.274 e. The first-order valence-electron chi connectivity index (χ1n) is 7.80. The van der Waals surface area contributed by atoms with Gasteiger partial charge in [-0.15, -0.1) is 0 Å². The number of benzene rings is 2. The highest BCUT2D eigenvalue weighted by Crippen LogP contribution is 2.16.